The Balaban J connectivity index is 1.73. The number of benzene rings is 1. The van der Waals surface area contributed by atoms with Crippen LogP contribution in [0.1, 0.15) is 30.1 Å². The third-order valence-corrected chi connectivity index (χ3v) is 4.45. The molecule has 1 saturated heterocycles. The lowest BCUT2D eigenvalue weighted by molar-refractivity contribution is -0.143. The molecule has 1 aliphatic heterocycles. The van der Waals surface area contributed by atoms with Crippen molar-refractivity contribution in [3.05, 3.63) is 35.9 Å². The fourth-order valence-corrected chi connectivity index (χ4v) is 3.26. The second kappa shape index (κ2) is 7.61. The molecule has 1 aliphatic carbocycles. The molecule has 1 saturated carbocycles. The van der Waals surface area contributed by atoms with Gasteiger partial charge in [-0.15, -0.1) is 0 Å². The Morgan fingerprint density at radius 2 is 2.12 bits per heavy atom. The van der Waals surface area contributed by atoms with Gasteiger partial charge in [0, 0.05) is 24.5 Å². The van der Waals surface area contributed by atoms with Crippen LogP contribution < -0.4 is 0 Å². The van der Waals surface area contributed by atoms with Crippen LogP contribution in [-0.4, -0.2) is 37.4 Å². The second-order valence-electron chi connectivity index (χ2n) is 5.94. The first-order chi connectivity index (χ1) is 11.7. The number of rotatable bonds is 5. The SMILES string of the molecule is CCOCO[C@@H]1C[C@@H]2OC(=O)C[C@@H]2[C@H]1C#CC(=O)c1ccccc1. The second-order valence-corrected chi connectivity index (χ2v) is 5.94. The van der Waals surface area contributed by atoms with E-state index < -0.39 is 0 Å². The lowest BCUT2D eigenvalue weighted by Gasteiger charge is -2.18. The third-order valence-electron chi connectivity index (χ3n) is 4.45. The molecule has 0 bridgehead atoms. The molecule has 0 N–H and O–H groups in total. The number of esters is 1. The van der Waals surface area contributed by atoms with Crippen LogP contribution in [0.4, 0.5) is 0 Å². The van der Waals surface area contributed by atoms with Gasteiger partial charge in [0.25, 0.3) is 0 Å². The summed E-state index contributed by atoms with van der Waals surface area (Å²) in [5.74, 6) is 5.11. The molecule has 0 spiro atoms. The van der Waals surface area contributed by atoms with E-state index in [-0.39, 0.29) is 42.6 Å². The van der Waals surface area contributed by atoms with Crippen molar-refractivity contribution in [2.75, 3.05) is 13.4 Å². The van der Waals surface area contributed by atoms with Gasteiger partial charge in [0.05, 0.1) is 18.4 Å². The molecule has 5 heteroatoms. The van der Waals surface area contributed by atoms with Crippen LogP contribution in [0.2, 0.25) is 0 Å². The van der Waals surface area contributed by atoms with Gasteiger partial charge in [0.1, 0.15) is 12.9 Å². The summed E-state index contributed by atoms with van der Waals surface area (Å²) in [6, 6.07) is 8.93. The van der Waals surface area contributed by atoms with Crippen molar-refractivity contribution >= 4 is 11.8 Å². The van der Waals surface area contributed by atoms with Crippen molar-refractivity contribution in [3.8, 4) is 11.8 Å². The molecule has 0 unspecified atom stereocenters. The van der Waals surface area contributed by atoms with Gasteiger partial charge in [0.15, 0.2) is 0 Å². The molecular weight excluding hydrogens is 308 g/mol. The standard InChI is InChI=1S/C19H20O5/c1-2-22-12-23-17-11-18-15(10-19(21)24-18)14(17)8-9-16(20)13-6-4-3-5-7-13/h3-7,14-15,17-18H,2,10-12H2,1H3/t14-,15-,17-,18+/m1/s1. The number of Topliss-reactive ketones (excluding diaryl/α,β-unsaturated/α-hetero) is 1. The minimum atomic E-state index is -0.229. The Labute approximate surface area is 141 Å². The number of ketones is 1. The Kier molecular flexibility index (Phi) is 5.29. The van der Waals surface area contributed by atoms with E-state index in [9.17, 15) is 9.59 Å². The van der Waals surface area contributed by atoms with Crippen LogP contribution in [0, 0.1) is 23.7 Å². The van der Waals surface area contributed by atoms with E-state index in [0.29, 0.717) is 25.0 Å². The molecule has 2 fully saturated rings. The molecular formula is C19H20O5. The first kappa shape index (κ1) is 16.7. The van der Waals surface area contributed by atoms with Gasteiger partial charge in [-0.3, -0.25) is 9.59 Å². The molecule has 1 aromatic carbocycles. The minimum Gasteiger partial charge on any atom is -0.462 e. The average molecular weight is 328 g/mol. The summed E-state index contributed by atoms with van der Waals surface area (Å²) < 4.78 is 16.3. The summed E-state index contributed by atoms with van der Waals surface area (Å²) in [5.41, 5.74) is 0.560. The van der Waals surface area contributed by atoms with E-state index >= 15 is 0 Å². The number of hydrogen-bond donors (Lipinski definition) is 0. The van der Waals surface area contributed by atoms with E-state index in [1.165, 1.54) is 0 Å². The van der Waals surface area contributed by atoms with Crippen molar-refractivity contribution in [3.63, 3.8) is 0 Å². The molecule has 24 heavy (non-hydrogen) atoms. The Morgan fingerprint density at radius 3 is 2.88 bits per heavy atom. The van der Waals surface area contributed by atoms with E-state index in [2.05, 4.69) is 11.8 Å². The number of fused-ring (bicyclic) bond motifs is 1. The van der Waals surface area contributed by atoms with Gasteiger partial charge in [-0.2, -0.15) is 0 Å². The third kappa shape index (κ3) is 3.66. The normalized spacial score (nSPS) is 28.0. The molecule has 0 radical (unpaired) electrons. The maximum absolute atomic E-state index is 12.2. The molecule has 3 rings (SSSR count). The molecule has 1 heterocycles. The van der Waals surface area contributed by atoms with Gasteiger partial charge in [-0.25, -0.2) is 0 Å². The van der Waals surface area contributed by atoms with Crippen molar-refractivity contribution in [2.24, 2.45) is 11.8 Å². The topological polar surface area (TPSA) is 61.8 Å². The first-order valence-electron chi connectivity index (χ1n) is 8.18. The van der Waals surface area contributed by atoms with Gasteiger partial charge in [0.2, 0.25) is 5.78 Å². The summed E-state index contributed by atoms with van der Waals surface area (Å²) >= 11 is 0. The fraction of sp³-hybridized carbons (Fsp3) is 0.474. The van der Waals surface area contributed by atoms with E-state index in [4.69, 9.17) is 14.2 Å². The molecule has 0 amide bonds. The van der Waals surface area contributed by atoms with Crippen molar-refractivity contribution < 1.29 is 23.8 Å². The molecule has 5 nitrogen and oxygen atoms in total. The highest BCUT2D eigenvalue weighted by atomic mass is 16.7. The Morgan fingerprint density at radius 1 is 1.33 bits per heavy atom. The largest absolute Gasteiger partial charge is 0.462 e. The van der Waals surface area contributed by atoms with Gasteiger partial charge in [-0.05, 0) is 12.8 Å². The predicted molar refractivity (Wildman–Crippen MR) is 86.0 cm³/mol. The average Bonchev–Trinajstić information content (AvgIpc) is 3.09. The summed E-state index contributed by atoms with van der Waals surface area (Å²) in [5, 5.41) is 0. The van der Waals surface area contributed by atoms with Gasteiger partial charge >= 0.3 is 5.97 Å². The molecule has 1 aromatic rings. The summed E-state index contributed by atoms with van der Waals surface area (Å²) in [6.07, 6.45) is 0.575. The maximum atomic E-state index is 12.2. The fourth-order valence-electron chi connectivity index (χ4n) is 3.26. The van der Waals surface area contributed by atoms with Crippen LogP contribution in [0.5, 0.6) is 0 Å². The summed E-state index contributed by atoms with van der Waals surface area (Å²) in [7, 11) is 0. The van der Waals surface area contributed by atoms with Crippen LogP contribution >= 0.6 is 0 Å². The molecule has 126 valence electrons. The number of carbonyl (C=O) groups excluding carboxylic acids is 2. The van der Waals surface area contributed by atoms with Crippen molar-refractivity contribution in [2.45, 2.75) is 32.0 Å². The van der Waals surface area contributed by atoms with Crippen LogP contribution in [-0.2, 0) is 19.0 Å². The first-order valence-corrected chi connectivity index (χ1v) is 8.18. The number of hydrogen-bond acceptors (Lipinski definition) is 5. The Hall–Kier alpha value is -2.16. The zero-order valence-electron chi connectivity index (χ0n) is 13.6. The van der Waals surface area contributed by atoms with Crippen LogP contribution in [0.15, 0.2) is 30.3 Å². The Bertz CT molecular complexity index is 657. The lowest BCUT2D eigenvalue weighted by atomic mass is 9.92. The van der Waals surface area contributed by atoms with Crippen molar-refractivity contribution in [1.82, 2.24) is 0 Å². The summed E-state index contributed by atoms with van der Waals surface area (Å²) in [4.78, 5) is 23.7. The van der Waals surface area contributed by atoms with E-state index in [1.807, 2.05) is 13.0 Å². The quantitative estimate of drug-likeness (QED) is 0.207. The smallest absolute Gasteiger partial charge is 0.306 e. The lowest BCUT2D eigenvalue weighted by Crippen LogP contribution is -2.23. The van der Waals surface area contributed by atoms with Crippen molar-refractivity contribution in [1.29, 1.82) is 0 Å². The van der Waals surface area contributed by atoms with Crippen LogP contribution in [0.3, 0.4) is 0 Å². The highest BCUT2D eigenvalue weighted by molar-refractivity contribution is 6.09. The maximum Gasteiger partial charge on any atom is 0.306 e. The monoisotopic (exact) mass is 328 g/mol. The predicted octanol–water partition coefficient (Wildman–Crippen LogP) is 2.20. The van der Waals surface area contributed by atoms with E-state index in [0.717, 1.165) is 0 Å². The minimum absolute atomic E-state index is 0.0137. The zero-order chi connectivity index (χ0) is 16.9. The molecule has 0 aromatic heterocycles. The van der Waals surface area contributed by atoms with Gasteiger partial charge < -0.3 is 14.2 Å². The number of ether oxygens (including phenoxy) is 3. The highest BCUT2D eigenvalue weighted by Crippen LogP contribution is 2.42. The summed E-state index contributed by atoms with van der Waals surface area (Å²) in [6.45, 7) is 2.64. The number of carbonyl (C=O) groups is 2. The highest BCUT2D eigenvalue weighted by Gasteiger charge is 2.50. The molecule has 2 aliphatic rings. The van der Waals surface area contributed by atoms with Crippen LogP contribution in [0.25, 0.3) is 0 Å². The zero-order valence-corrected chi connectivity index (χ0v) is 13.6. The van der Waals surface area contributed by atoms with Gasteiger partial charge in [-0.1, -0.05) is 36.3 Å². The van der Waals surface area contributed by atoms with E-state index in [1.54, 1.807) is 24.3 Å². The molecule has 4 atom stereocenters.